The van der Waals surface area contributed by atoms with Gasteiger partial charge in [0.1, 0.15) is 0 Å². The van der Waals surface area contributed by atoms with Crippen molar-refractivity contribution >= 4 is 17.7 Å². The number of aromatic nitrogens is 2. The number of aliphatic hydroxyl groups is 1. The number of imidazole rings is 1. The van der Waals surface area contributed by atoms with E-state index in [4.69, 9.17) is 9.47 Å². The maximum Gasteiger partial charge on any atom is 0.231 e. The Labute approximate surface area is 172 Å². The summed E-state index contributed by atoms with van der Waals surface area (Å²) in [5, 5.41) is 13.2. The maximum atomic E-state index is 12.3. The summed E-state index contributed by atoms with van der Waals surface area (Å²) in [5.74, 6) is 1.57. The second-order valence-corrected chi connectivity index (χ2v) is 7.46. The Morgan fingerprint density at radius 2 is 1.97 bits per heavy atom. The van der Waals surface area contributed by atoms with Crippen LogP contribution in [0.1, 0.15) is 16.8 Å². The summed E-state index contributed by atoms with van der Waals surface area (Å²) in [4.78, 5) is 16.7. The van der Waals surface area contributed by atoms with Crippen molar-refractivity contribution in [3.63, 3.8) is 0 Å². The van der Waals surface area contributed by atoms with Crippen LogP contribution in [-0.2, 0) is 24.5 Å². The van der Waals surface area contributed by atoms with Crippen LogP contribution in [0.2, 0.25) is 0 Å². The molecule has 0 saturated carbocycles. The summed E-state index contributed by atoms with van der Waals surface area (Å²) < 4.78 is 12.6. The molecule has 2 N–H and O–H groups in total. The molecular weight excluding hydrogens is 390 g/mol. The van der Waals surface area contributed by atoms with Crippen LogP contribution in [0.4, 0.5) is 0 Å². The molecule has 8 heteroatoms. The predicted octanol–water partition coefficient (Wildman–Crippen LogP) is 2.56. The number of benzene rings is 2. The van der Waals surface area contributed by atoms with Gasteiger partial charge >= 0.3 is 0 Å². The van der Waals surface area contributed by atoms with Crippen LogP contribution in [0.25, 0.3) is 0 Å². The van der Waals surface area contributed by atoms with Crippen LogP contribution >= 0.6 is 11.8 Å². The highest BCUT2D eigenvalue weighted by atomic mass is 32.2. The lowest BCUT2D eigenvalue weighted by Gasteiger charge is -2.11. The third kappa shape index (κ3) is 4.72. The first-order valence-electron chi connectivity index (χ1n) is 9.20. The molecule has 0 fully saturated rings. The molecule has 2 aromatic carbocycles. The molecule has 7 nitrogen and oxygen atoms in total. The van der Waals surface area contributed by atoms with E-state index < -0.39 is 0 Å². The highest BCUT2D eigenvalue weighted by Crippen LogP contribution is 2.32. The lowest BCUT2D eigenvalue weighted by atomic mass is 10.2. The summed E-state index contributed by atoms with van der Waals surface area (Å²) in [6.07, 6.45) is 1.65. The number of rotatable bonds is 8. The standard InChI is InChI=1S/C21H21N3O4S/c25-12-17-10-23-21(24(17)11-15-4-2-1-3-5-15)29-13-20(26)22-9-16-6-7-18-19(8-16)28-14-27-18/h1-8,10,25H,9,11-14H2,(H,22,26). The van der Waals surface area contributed by atoms with Crippen molar-refractivity contribution in [1.82, 2.24) is 14.9 Å². The van der Waals surface area contributed by atoms with E-state index in [0.717, 1.165) is 22.6 Å². The Morgan fingerprint density at radius 1 is 1.14 bits per heavy atom. The monoisotopic (exact) mass is 411 g/mol. The van der Waals surface area contributed by atoms with E-state index in [-0.39, 0.29) is 25.1 Å². The number of fused-ring (bicyclic) bond motifs is 1. The number of carbonyl (C=O) groups is 1. The number of amides is 1. The van der Waals surface area contributed by atoms with Gasteiger partial charge in [0.25, 0.3) is 0 Å². The van der Waals surface area contributed by atoms with Crippen LogP contribution < -0.4 is 14.8 Å². The molecule has 150 valence electrons. The minimum Gasteiger partial charge on any atom is -0.454 e. The second-order valence-electron chi connectivity index (χ2n) is 6.51. The topological polar surface area (TPSA) is 85.6 Å². The minimum absolute atomic E-state index is 0.0903. The number of nitrogens with one attached hydrogen (secondary N) is 1. The SMILES string of the molecule is O=C(CSc1ncc(CO)n1Cc1ccccc1)NCc1ccc2c(c1)OCO2. The molecule has 3 aromatic rings. The van der Waals surface area contributed by atoms with E-state index in [0.29, 0.717) is 24.0 Å². The Hall–Kier alpha value is -2.97. The Kier molecular flexibility index (Phi) is 6.02. The average molecular weight is 411 g/mol. The first kappa shape index (κ1) is 19.4. The van der Waals surface area contributed by atoms with E-state index in [2.05, 4.69) is 10.3 Å². The van der Waals surface area contributed by atoms with E-state index in [1.807, 2.05) is 53.1 Å². The first-order valence-corrected chi connectivity index (χ1v) is 10.2. The summed E-state index contributed by atoms with van der Waals surface area (Å²) >= 11 is 1.35. The van der Waals surface area contributed by atoms with Gasteiger partial charge in [-0.05, 0) is 23.3 Å². The van der Waals surface area contributed by atoms with Crippen molar-refractivity contribution in [3.05, 3.63) is 71.5 Å². The van der Waals surface area contributed by atoms with E-state index in [1.165, 1.54) is 11.8 Å². The number of ether oxygens (including phenoxy) is 2. The van der Waals surface area contributed by atoms with Crippen LogP contribution in [-0.4, -0.2) is 33.1 Å². The second kappa shape index (κ2) is 9.02. The zero-order chi connectivity index (χ0) is 20.1. The molecule has 1 aromatic heterocycles. The fraction of sp³-hybridized carbons (Fsp3) is 0.238. The highest BCUT2D eigenvalue weighted by molar-refractivity contribution is 7.99. The van der Waals surface area contributed by atoms with Crippen molar-refractivity contribution in [2.24, 2.45) is 0 Å². The van der Waals surface area contributed by atoms with Crippen LogP contribution in [0.15, 0.2) is 59.9 Å². The Morgan fingerprint density at radius 3 is 2.79 bits per heavy atom. The normalized spacial score (nSPS) is 12.2. The fourth-order valence-electron chi connectivity index (χ4n) is 3.00. The summed E-state index contributed by atoms with van der Waals surface area (Å²) in [7, 11) is 0. The predicted molar refractivity (Wildman–Crippen MR) is 109 cm³/mol. The first-order chi connectivity index (χ1) is 14.2. The molecule has 0 spiro atoms. The number of hydrogen-bond acceptors (Lipinski definition) is 6. The van der Waals surface area contributed by atoms with Gasteiger partial charge in [0.15, 0.2) is 16.7 Å². The lowest BCUT2D eigenvalue weighted by Crippen LogP contribution is -2.24. The lowest BCUT2D eigenvalue weighted by molar-refractivity contribution is -0.118. The van der Waals surface area contributed by atoms with Crippen molar-refractivity contribution in [3.8, 4) is 11.5 Å². The van der Waals surface area contributed by atoms with E-state index in [9.17, 15) is 9.90 Å². The van der Waals surface area contributed by atoms with E-state index in [1.54, 1.807) is 6.20 Å². The summed E-state index contributed by atoms with van der Waals surface area (Å²) in [5.41, 5.74) is 2.77. The minimum atomic E-state index is -0.100. The third-order valence-electron chi connectivity index (χ3n) is 4.51. The van der Waals surface area contributed by atoms with Crippen LogP contribution in [0, 0.1) is 0 Å². The van der Waals surface area contributed by atoms with Gasteiger partial charge < -0.3 is 24.5 Å². The van der Waals surface area contributed by atoms with Crippen LogP contribution in [0.3, 0.4) is 0 Å². The van der Waals surface area contributed by atoms with Gasteiger partial charge in [-0.2, -0.15) is 0 Å². The molecule has 2 heterocycles. The zero-order valence-corrected chi connectivity index (χ0v) is 16.5. The number of nitrogens with zero attached hydrogens (tertiary/aromatic N) is 2. The third-order valence-corrected chi connectivity index (χ3v) is 5.50. The average Bonchev–Trinajstić information content (AvgIpc) is 3.37. The Balaban J connectivity index is 1.34. The van der Waals surface area contributed by atoms with Crippen molar-refractivity contribution in [2.75, 3.05) is 12.5 Å². The molecule has 0 bridgehead atoms. The van der Waals surface area contributed by atoms with Crippen molar-refractivity contribution in [2.45, 2.75) is 24.9 Å². The summed E-state index contributed by atoms with van der Waals surface area (Å²) in [6, 6.07) is 15.6. The molecule has 29 heavy (non-hydrogen) atoms. The fourth-order valence-corrected chi connectivity index (χ4v) is 3.83. The zero-order valence-electron chi connectivity index (χ0n) is 15.7. The number of aliphatic hydroxyl groups excluding tert-OH is 1. The largest absolute Gasteiger partial charge is 0.454 e. The molecule has 0 aliphatic carbocycles. The van der Waals surface area contributed by atoms with Crippen molar-refractivity contribution in [1.29, 1.82) is 0 Å². The van der Waals surface area contributed by atoms with E-state index >= 15 is 0 Å². The highest BCUT2D eigenvalue weighted by Gasteiger charge is 2.15. The van der Waals surface area contributed by atoms with Gasteiger partial charge in [0, 0.05) is 13.1 Å². The van der Waals surface area contributed by atoms with Crippen LogP contribution in [0.5, 0.6) is 11.5 Å². The van der Waals surface area contributed by atoms with Gasteiger partial charge in [-0.25, -0.2) is 4.98 Å². The van der Waals surface area contributed by atoms with Gasteiger partial charge in [-0.1, -0.05) is 48.2 Å². The molecule has 0 radical (unpaired) electrons. The van der Waals surface area contributed by atoms with Gasteiger partial charge in [-0.15, -0.1) is 0 Å². The maximum absolute atomic E-state index is 12.3. The van der Waals surface area contributed by atoms with Gasteiger partial charge in [0.2, 0.25) is 12.7 Å². The van der Waals surface area contributed by atoms with Crippen molar-refractivity contribution < 1.29 is 19.4 Å². The summed E-state index contributed by atoms with van der Waals surface area (Å²) in [6.45, 7) is 1.14. The molecule has 0 atom stereocenters. The Bertz CT molecular complexity index is 991. The molecule has 0 unspecified atom stereocenters. The van der Waals surface area contributed by atoms with Gasteiger partial charge in [-0.3, -0.25) is 4.79 Å². The number of carbonyl (C=O) groups excluding carboxylic acids is 1. The number of hydrogen-bond donors (Lipinski definition) is 2. The molecule has 0 saturated heterocycles. The van der Waals surface area contributed by atoms with Gasteiger partial charge in [0.05, 0.1) is 24.3 Å². The molecular formula is C21H21N3O4S. The smallest absolute Gasteiger partial charge is 0.231 e. The molecule has 4 rings (SSSR count). The number of thioether (sulfide) groups is 1. The quantitative estimate of drug-likeness (QED) is 0.554. The molecule has 1 aliphatic rings. The molecule has 1 aliphatic heterocycles. The molecule has 1 amide bonds.